The van der Waals surface area contributed by atoms with Gasteiger partial charge in [0, 0.05) is 12.3 Å². The number of methoxy groups -OCH3 is 1. The Labute approximate surface area is 123 Å². The molecular formula is C16H18F2N2O. The van der Waals surface area contributed by atoms with Crippen molar-refractivity contribution >= 4 is 0 Å². The van der Waals surface area contributed by atoms with E-state index in [4.69, 9.17) is 4.74 Å². The van der Waals surface area contributed by atoms with Crippen LogP contribution in [-0.4, -0.2) is 18.6 Å². The molecule has 3 nitrogen and oxygen atoms in total. The fraction of sp³-hybridized carbons (Fsp3) is 0.312. The summed E-state index contributed by atoms with van der Waals surface area (Å²) in [5, 5.41) is 3.26. The summed E-state index contributed by atoms with van der Waals surface area (Å²) in [6, 6.07) is 6.58. The van der Waals surface area contributed by atoms with Gasteiger partial charge in [-0.25, -0.2) is 8.78 Å². The van der Waals surface area contributed by atoms with Crippen LogP contribution in [-0.2, 0) is 0 Å². The third-order valence-electron chi connectivity index (χ3n) is 3.11. The van der Waals surface area contributed by atoms with Gasteiger partial charge in [-0.1, -0.05) is 6.92 Å². The van der Waals surface area contributed by atoms with E-state index in [0.29, 0.717) is 23.6 Å². The van der Waals surface area contributed by atoms with Gasteiger partial charge in [0.2, 0.25) is 0 Å². The lowest BCUT2D eigenvalue weighted by Crippen LogP contribution is -2.25. The number of nitrogens with one attached hydrogen (secondary N) is 1. The van der Waals surface area contributed by atoms with Crippen molar-refractivity contribution in [2.24, 2.45) is 0 Å². The molecule has 1 atom stereocenters. The summed E-state index contributed by atoms with van der Waals surface area (Å²) in [4.78, 5) is 4.31. The number of benzene rings is 1. The molecule has 0 saturated heterocycles. The minimum Gasteiger partial charge on any atom is -0.495 e. The van der Waals surface area contributed by atoms with E-state index in [0.717, 1.165) is 12.5 Å². The van der Waals surface area contributed by atoms with Crippen LogP contribution in [0.25, 0.3) is 0 Å². The van der Waals surface area contributed by atoms with Crippen LogP contribution in [0.3, 0.4) is 0 Å². The van der Waals surface area contributed by atoms with E-state index in [1.165, 1.54) is 12.1 Å². The molecule has 1 unspecified atom stereocenters. The largest absolute Gasteiger partial charge is 0.495 e. The Morgan fingerprint density at radius 2 is 1.95 bits per heavy atom. The van der Waals surface area contributed by atoms with Crippen molar-refractivity contribution in [3.05, 3.63) is 59.4 Å². The van der Waals surface area contributed by atoms with E-state index in [1.54, 1.807) is 25.4 Å². The van der Waals surface area contributed by atoms with Crippen LogP contribution in [0.1, 0.15) is 30.6 Å². The average molecular weight is 292 g/mol. The quantitative estimate of drug-likeness (QED) is 0.885. The summed E-state index contributed by atoms with van der Waals surface area (Å²) < 4.78 is 32.3. The fourth-order valence-corrected chi connectivity index (χ4v) is 2.20. The molecule has 21 heavy (non-hydrogen) atoms. The summed E-state index contributed by atoms with van der Waals surface area (Å²) in [7, 11) is 1.55. The Balaban J connectivity index is 2.46. The number of hydrogen-bond acceptors (Lipinski definition) is 3. The molecule has 5 heteroatoms. The zero-order chi connectivity index (χ0) is 15.2. The molecule has 1 N–H and O–H groups in total. The smallest absolute Gasteiger partial charge is 0.142 e. The first kappa shape index (κ1) is 15.4. The Bertz CT molecular complexity index is 584. The first-order valence-electron chi connectivity index (χ1n) is 6.84. The molecule has 1 heterocycles. The second-order valence-electron chi connectivity index (χ2n) is 4.68. The van der Waals surface area contributed by atoms with Gasteiger partial charge in [0.25, 0.3) is 0 Å². The van der Waals surface area contributed by atoms with Gasteiger partial charge in [-0.05, 0) is 42.8 Å². The van der Waals surface area contributed by atoms with Crippen LogP contribution in [0, 0.1) is 11.6 Å². The monoisotopic (exact) mass is 292 g/mol. The molecule has 112 valence electrons. The van der Waals surface area contributed by atoms with Gasteiger partial charge >= 0.3 is 0 Å². The van der Waals surface area contributed by atoms with Crippen molar-refractivity contribution < 1.29 is 13.5 Å². The van der Waals surface area contributed by atoms with Gasteiger partial charge in [-0.3, -0.25) is 4.98 Å². The number of ether oxygens (including phenoxy) is 1. The maximum Gasteiger partial charge on any atom is 0.142 e. The Hall–Kier alpha value is -2.01. The Kier molecular flexibility index (Phi) is 5.22. The molecule has 0 aliphatic carbocycles. The lowest BCUT2D eigenvalue weighted by atomic mass is 10.0. The second-order valence-corrected chi connectivity index (χ2v) is 4.68. The third kappa shape index (κ3) is 3.76. The van der Waals surface area contributed by atoms with E-state index in [-0.39, 0.29) is 0 Å². The Morgan fingerprint density at radius 1 is 1.24 bits per heavy atom. The average Bonchev–Trinajstić information content (AvgIpc) is 2.47. The van der Waals surface area contributed by atoms with Gasteiger partial charge in [0.05, 0.1) is 13.2 Å². The molecule has 0 amide bonds. The lowest BCUT2D eigenvalue weighted by molar-refractivity contribution is 0.399. The number of halogens is 2. The molecule has 0 aliphatic heterocycles. The van der Waals surface area contributed by atoms with Crippen molar-refractivity contribution in [3.8, 4) is 5.75 Å². The van der Waals surface area contributed by atoms with Crippen LogP contribution in [0.4, 0.5) is 8.78 Å². The predicted molar refractivity (Wildman–Crippen MR) is 77.3 cm³/mol. The highest BCUT2D eigenvalue weighted by atomic mass is 19.1. The molecule has 0 bridgehead atoms. The molecule has 2 rings (SSSR count). The number of aromatic nitrogens is 1. The van der Waals surface area contributed by atoms with Gasteiger partial charge in [-0.15, -0.1) is 0 Å². The van der Waals surface area contributed by atoms with E-state index in [1.807, 2.05) is 6.92 Å². The molecule has 2 aromatic rings. The summed E-state index contributed by atoms with van der Waals surface area (Å²) in [5.41, 5.74) is 1.09. The molecule has 1 aromatic carbocycles. The lowest BCUT2D eigenvalue weighted by Gasteiger charge is -2.20. The van der Waals surface area contributed by atoms with E-state index >= 15 is 0 Å². The number of pyridine rings is 1. The molecule has 1 aromatic heterocycles. The van der Waals surface area contributed by atoms with Gasteiger partial charge in [0.1, 0.15) is 23.1 Å². The van der Waals surface area contributed by atoms with Gasteiger partial charge < -0.3 is 10.1 Å². The number of rotatable bonds is 6. The highest BCUT2D eigenvalue weighted by Crippen LogP contribution is 2.28. The fourth-order valence-electron chi connectivity index (χ4n) is 2.20. The second kappa shape index (κ2) is 7.13. The van der Waals surface area contributed by atoms with E-state index in [2.05, 4.69) is 10.3 Å². The minimum absolute atomic E-state index is 0.425. The van der Waals surface area contributed by atoms with Crippen molar-refractivity contribution in [2.45, 2.75) is 19.4 Å². The molecule has 0 aliphatic rings. The number of nitrogens with zero attached hydrogens (tertiary/aromatic N) is 1. The first-order chi connectivity index (χ1) is 10.2. The predicted octanol–water partition coefficient (Wildman–Crippen LogP) is 3.46. The summed E-state index contributed by atoms with van der Waals surface area (Å²) in [6.07, 6.45) is 2.53. The van der Waals surface area contributed by atoms with Crippen molar-refractivity contribution in [1.82, 2.24) is 10.3 Å². The van der Waals surface area contributed by atoms with E-state index < -0.39 is 17.7 Å². The van der Waals surface area contributed by atoms with Gasteiger partial charge in [0.15, 0.2) is 0 Å². The first-order valence-corrected chi connectivity index (χ1v) is 6.84. The van der Waals surface area contributed by atoms with Crippen LogP contribution in [0.2, 0.25) is 0 Å². The Morgan fingerprint density at radius 3 is 2.57 bits per heavy atom. The molecular weight excluding hydrogens is 274 g/mol. The molecule has 0 radical (unpaired) electrons. The van der Waals surface area contributed by atoms with E-state index in [9.17, 15) is 8.78 Å². The van der Waals surface area contributed by atoms with Crippen molar-refractivity contribution in [1.29, 1.82) is 0 Å². The third-order valence-corrected chi connectivity index (χ3v) is 3.11. The van der Waals surface area contributed by atoms with Crippen molar-refractivity contribution in [3.63, 3.8) is 0 Å². The zero-order valence-electron chi connectivity index (χ0n) is 12.1. The number of hydrogen-bond donors (Lipinski definition) is 1. The minimum atomic E-state index is -0.608. The normalized spacial score (nSPS) is 12.2. The SMILES string of the molecule is CCCNC(c1cc(F)cc(F)c1)c1ncccc1OC. The maximum atomic E-state index is 13.5. The standard InChI is InChI=1S/C16H18F2N2O/c1-3-6-19-15(11-8-12(17)10-13(18)9-11)16-14(21-2)5-4-7-20-16/h4-5,7-10,15,19H,3,6H2,1-2H3. The van der Waals surface area contributed by atoms with Crippen LogP contribution < -0.4 is 10.1 Å². The zero-order valence-corrected chi connectivity index (χ0v) is 12.1. The van der Waals surface area contributed by atoms with Crippen molar-refractivity contribution in [2.75, 3.05) is 13.7 Å². The van der Waals surface area contributed by atoms with Gasteiger partial charge in [-0.2, -0.15) is 0 Å². The molecule has 0 spiro atoms. The van der Waals surface area contributed by atoms with Crippen LogP contribution in [0.15, 0.2) is 36.5 Å². The molecule has 0 saturated carbocycles. The topological polar surface area (TPSA) is 34.2 Å². The highest BCUT2D eigenvalue weighted by molar-refractivity contribution is 5.37. The summed E-state index contributed by atoms with van der Waals surface area (Å²) in [6.45, 7) is 2.72. The van der Waals surface area contributed by atoms with Crippen LogP contribution >= 0.6 is 0 Å². The van der Waals surface area contributed by atoms with Crippen LogP contribution in [0.5, 0.6) is 5.75 Å². The highest BCUT2D eigenvalue weighted by Gasteiger charge is 2.20. The maximum absolute atomic E-state index is 13.5. The molecule has 0 fully saturated rings. The summed E-state index contributed by atoms with van der Waals surface area (Å²) in [5.74, 6) is -0.637. The summed E-state index contributed by atoms with van der Waals surface area (Å²) >= 11 is 0.